The molecule has 0 saturated heterocycles. The number of amides is 2. The van der Waals surface area contributed by atoms with Crippen molar-refractivity contribution in [2.24, 2.45) is 32.8 Å². The van der Waals surface area contributed by atoms with Crippen LogP contribution in [0, 0.1) is 27.1 Å². The molecule has 8 bridgehead atoms. The first-order valence-corrected chi connectivity index (χ1v) is 28.9. The number of nitrogens with two attached hydrogens (primary N) is 1. The van der Waals surface area contributed by atoms with E-state index in [-0.39, 0.29) is 74.8 Å². The van der Waals surface area contributed by atoms with E-state index in [9.17, 15) is 38.6 Å². The highest BCUT2D eigenvalue weighted by Crippen LogP contribution is 2.61. The summed E-state index contributed by atoms with van der Waals surface area (Å²) in [5.41, 5.74) is 9.27. The van der Waals surface area contributed by atoms with Crippen LogP contribution < -0.4 is 25.8 Å². The summed E-state index contributed by atoms with van der Waals surface area (Å²) in [6.07, 6.45) is 22.9. The molecule has 3 aromatic carbocycles. The van der Waals surface area contributed by atoms with Crippen molar-refractivity contribution in [1.29, 1.82) is 0 Å². The summed E-state index contributed by atoms with van der Waals surface area (Å²) >= 11 is 0. The Hall–Kier alpha value is -5.96. The Balaban J connectivity index is 0.000000141. The predicted molar refractivity (Wildman–Crippen MR) is 299 cm³/mol. The monoisotopic (exact) mass is 1090 g/mol. The summed E-state index contributed by atoms with van der Waals surface area (Å²) in [6, 6.07) is 24.3. The van der Waals surface area contributed by atoms with Crippen molar-refractivity contribution in [3.63, 3.8) is 0 Å². The van der Waals surface area contributed by atoms with Crippen molar-refractivity contribution in [2.75, 3.05) is 48.6 Å². The Bertz CT molecular complexity index is 2590. The summed E-state index contributed by atoms with van der Waals surface area (Å²) in [4.78, 5) is 59.2. The number of methoxy groups -OCH3 is 3. The van der Waals surface area contributed by atoms with Gasteiger partial charge in [-0.2, -0.15) is 0 Å². The highest BCUT2D eigenvalue weighted by atomic mass is 19.1. The molecule has 12 aliphatic rings. The van der Waals surface area contributed by atoms with Crippen LogP contribution in [-0.2, 0) is 49.7 Å². The van der Waals surface area contributed by atoms with Crippen LogP contribution >= 0.6 is 0 Å². The van der Waals surface area contributed by atoms with Crippen LogP contribution in [0.4, 0.5) is 4.39 Å². The van der Waals surface area contributed by atoms with E-state index in [2.05, 4.69) is 34.9 Å². The van der Waals surface area contributed by atoms with E-state index >= 15 is 0 Å². The van der Waals surface area contributed by atoms with Gasteiger partial charge in [0, 0.05) is 37.0 Å². The number of hydrogen-bond acceptors (Lipinski definition) is 11. The smallest absolute Gasteiger partial charge is 0.311 e. The third-order valence-corrected chi connectivity index (χ3v) is 21.6. The fraction of sp³-hybridized carbons (Fsp3) is 0.609. The van der Waals surface area contributed by atoms with Gasteiger partial charge in [0.1, 0.15) is 23.9 Å². The Labute approximate surface area is 466 Å². The van der Waals surface area contributed by atoms with Gasteiger partial charge in [0.05, 0.1) is 43.9 Å². The number of fused-ring (bicyclic) bond motifs is 12. The molecule has 6 N–H and O–H groups in total. The SMILES string of the molecule is CNC(=O)C12CCC(c3ccc(O)cc3)(CC1)CC2.CNC(=O)C12CCC(c3ccc(OC/C(=C/F)CN)cc3)(CC1)CC2.COC(=O)C12CCC(C(=O)O)(CC1)CC2.COC(=O)C12CCC(c3ccc(OC)cc3)(CC1)CC2. The maximum Gasteiger partial charge on any atom is 0.311 e. The number of phenolic OH excluding ortho intramolecular Hbond substituents is 1. The van der Waals surface area contributed by atoms with E-state index in [1.807, 2.05) is 36.4 Å². The summed E-state index contributed by atoms with van der Waals surface area (Å²) < 4.78 is 33.2. The lowest BCUT2D eigenvalue weighted by atomic mass is 9.51. The number of rotatable bonds is 13. The molecule has 0 radical (unpaired) electrons. The number of carboxylic acid groups (broad SMARTS) is 1. The number of ether oxygens (including phenoxy) is 4. The molecule has 3 aromatic rings. The van der Waals surface area contributed by atoms with Crippen LogP contribution in [0.25, 0.3) is 0 Å². The number of halogens is 1. The van der Waals surface area contributed by atoms with Gasteiger partial charge < -0.3 is 45.5 Å². The zero-order chi connectivity index (χ0) is 56.7. The standard InChI is InChI=1S/C20H27FN2O2.C17H22O3.C16H21NO2.C11H16O4/c1-23-18(24)20-9-6-19(7-10-20,8-11-20)16-2-4-17(5-3-16)25-14-15(12-21)13-22;1-19-14-5-3-13(4-6-14)16-7-10-17(11-8-16,12-9-16)15(18)20-2;1-17-14(19)16-9-6-15(7-10-16,8-11-16)12-2-4-13(18)5-3-12;1-15-9(14)11-5-2-10(3-6-11,4-7-11)8(12)13/h2-5,12H,6-11,13-14,22H2,1H3,(H,23,24);3-6H,7-12H2,1-2H3;2-5,18H,6-11H2,1H3,(H,17,19);2-7H2,1H3,(H,12,13)/b15-12+;;;. The van der Waals surface area contributed by atoms with Gasteiger partial charge in [-0.25, -0.2) is 4.39 Å². The number of nitrogens with one attached hydrogen (secondary N) is 2. The molecule has 0 spiro atoms. The number of aliphatic carboxylic acids is 1. The van der Waals surface area contributed by atoms with Crippen LogP contribution in [-0.4, -0.2) is 88.5 Å². The molecule has 12 aliphatic carbocycles. The average molecular weight is 1090 g/mol. The molecule has 0 unspecified atom stereocenters. The lowest BCUT2D eigenvalue weighted by Gasteiger charge is -2.52. The van der Waals surface area contributed by atoms with E-state index in [1.54, 1.807) is 33.3 Å². The lowest BCUT2D eigenvalue weighted by Crippen LogP contribution is -2.51. The Morgan fingerprint density at radius 1 is 0.494 bits per heavy atom. The third kappa shape index (κ3) is 11.5. The molecule has 15 rings (SSSR count). The van der Waals surface area contributed by atoms with Crippen LogP contribution in [0.1, 0.15) is 171 Å². The molecule has 79 heavy (non-hydrogen) atoms. The second-order valence-electron chi connectivity index (χ2n) is 24.7. The first-order valence-electron chi connectivity index (χ1n) is 28.9. The number of phenols is 1. The van der Waals surface area contributed by atoms with Gasteiger partial charge in [0.25, 0.3) is 0 Å². The Morgan fingerprint density at radius 3 is 1.09 bits per heavy atom. The highest BCUT2D eigenvalue weighted by Gasteiger charge is 2.57. The number of aromatic hydroxyl groups is 1. The topological polar surface area (TPSA) is 213 Å². The minimum atomic E-state index is -0.694. The van der Waals surface area contributed by atoms with E-state index in [0.29, 0.717) is 56.2 Å². The van der Waals surface area contributed by atoms with Gasteiger partial charge in [-0.15, -0.1) is 0 Å². The fourth-order valence-electron chi connectivity index (χ4n) is 15.6. The molecular weight excluding hydrogens is 1010 g/mol. The predicted octanol–water partition coefficient (Wildman–Crippen LogP) is 11.0. The zero-order valence-electron chi connectivity index (χ0n) is 47.4. The van der Waals surface area contributed by atoms with Gasteiger partial charge in [-0.1, -0.05) is 36.4 Å². The van der Waals surface area contributed by atoms with Gasteiger partial charge in [-0.05, 0) is 223 Å². The van der Waals surface area contributed by atoms with Crippen molar-refractivity contribution in [1.82, 2.24) is 10.6 Å². The largest absolute Gasteiger partial charge is 0.508 e. The molecule has 430 valence electrons. The second kappa shape index (κ2) is 24.0. The van der Waals surface area contributed by atoms with E-state index in [0.717, 1.165) is 127 Å². The molecule has 0 heterocycles. The molecule has 0 aromatic heterocycles. The average Bonchev–Trinajstić information content (AvgIpc) is 3.68. The zero-order valence-corrected chi connectivity index (χ0v) is 47.4. The van der Waals surface area contributed by atoms with E-state index in [4.69, 9.17) is 24.7 Å². The number of benzene rings is 3. The maximum atomic E-state index is 12.5. The number of carboxylic acids is 1. The molecule has 14 nitrogen and oxygen atoms in total. The fourth-order valence-corrected chi connectivity index (χ4v) is 15.6. The molecule has 0 atom stereocenters. The van der Waals surface area contributed by atoms with Gasteiger partial charge in [0.15, 0.2) is 0 Å². The van der Waals surface area contributed by atoms with Crippen LogP contribution in [0.15, 0.2) is 84.7 Å². The Kier molecular flexibility index (Phi) is 18.0. The number of carbonyl (C=O) groups is 5. The van der Waals surface area contributed by atoms with Gasteiger partial charge in [0.2, 0.25) is 11.8 Å². The minimum absolute atomic E-state index is 0.000492. The quantitative estimate of drug-likeness (QED) is 0.101. The number of esters is 2. The first-order chi connectivity index (χ1) is 37.9. The highest BCUT2D eigenvalue weighted by molar-refractivity contribution is 5.84. The van der Waals surface area contributed by atoms with Crippen molar-refractivity contribution in [2.45, 2.75) is 170 Å². The van der Waals surface area contributed by atoms with Crippen LogP contribution in [0.5, 0.6) is 17.2 Å². The van der Waals surface area contributed by atoms with E-state index in [1.165, 1.54) is 30.9 Å². The maximum absolute atomic E-state index is 12.5. The Morgan fingerprint density at radius 2 is 0.797 bits per heavy atom. The molecule has 12 fully saturated rings. The summed E-state index contributed by atoms with van der Waals surface area (Å²) in [7, 11) is 8.09. The summed E-state index contributed by atoms with van der Waals surface area (Å²) in [5.74, 6) is 1.54. The van der Waals surface area contributed by atoms with Crippen molar-refractivity contribution in [3.05, 3.63) is 101 Å². The van der Waals surface area contributed by atoms with E-state index < -0.39 is 11.4 Å². The van der Waals surface area contributed by atoms with Crippen molar-refractivity contribution < 1.29 is 57.5 Å². The van der Waals surface area contributed by atoms with Crippen molar-refractivity contribution in [3.8, 4) is 17.2 Å². The number of hydrogen-bond donors (Lipinski definition) is 5. The molecule has 15 heteroatoms. The molecule has 12 saturated carbocycles. The van der Waals surface area contributed by atoms with Gasteiger partial charge in [-0.3, -0.25) is 24.0 Å². The molecule has 2 amide bonds. The summed E-state index contributed by atoms with van der Waals surface area (Å²) in [6.45, 7) is 0.330. The number of carbonyl (C=O) groups excluding carboxylic acids is 4. The third-order valence-electron chi connectivity index (χ3n) is 21.6. The minimum Gasteiger partial charge on any atom is -0.508 e. The normalized spacial score (nSPS) is 32.5. The molecule has 0 aliphatic heterocycles. The summed E-state index contributed by atoms with van der Waals surface area (Å²) in [5, 5.41) is 24.3. The molecular formula is C64H86FN3O11. The van der Waals surface area contributed by atoms with Gasteiger partial charge >= 0.3 is 17.9 Å². The van der Waals surface area contributed by atoms with Crippen molar-refractivity contribution >= 4 is 29.7 Å². The second-order valence-corrected chi connectivity index (χ2v) is 24.7. The van der Waals surface area contributed by atoms with Crippen LogP contribution in [0.2, 0.25) is 0 Å². The first kappa shape index (κ1) is 59.2. The van der Waals surface area contributed by atoms with Crippen LogP contribution in [0.3, 0.4) is 0 Å². The lowest BCUT2D eigenvalue weighted by molar-refractivity contribution is -0.172.